The normalized spacial score (nSPS) is 19.7. The van der Waals surface area contributed by atoms with Gasteiger partial charge < -0.3 is 14.9 Å². The summed E-state index contributed by atoms with van der Waals surface area (Å²) >= 11 is 0. The van der Waals surface area contributed by atoms with Gasteiger partial charge in [-0.2, -0.15) is 0 Å². The third-order valence-electron chi connectivity index (χ3n) is 5.23. The van der Waals surface area contributed by atoms with Crippen molar-refractivity contribution in [1.29, 1.82) is 0 Å². The van der Waals surface area contributed by atoms with Gasteiger partial charge in [-0.05, 0) is 61.4 Å². The number of rotatable bonds is 2. The van der Waals surface area contributed by atoms with Crippen LogP contribution in [0, 0.1) is 0 Å². The van der Waals surface area contributed by atoms with E-state index in [0.29, 0.717) is 5.56 Å². The number of hydrogen-bond acceptors (Lipinski definition) is 5. The van der Waals surface area contributed by atoms with Crippen LogP contribution in [0.2, 0.25) is 0 Å². The maximum Gasteiger partial charge on any atom is 0.189 e. The van der Waals surface area contributed by atoms with E-state index in [4.69, 9.17) is 0 Å². The summed E-state index contributed by atoms with van der Waals surface area (Å²) in [7, 11) is 2.14. The smallest absolute Gasteiger partial charge is 0.189 e. The molecule has 0 amide bonds. The van der Waals surface area contributed by atoms with E-state index < -0.39 is 0 Å². The molecule has 5 heteroatoms. The number of hydrogen-bond donors (Lipinski definition) is 1. The monoisotopic (exact) mass is 349 g/mol. The maximum atomic E-state index is 12.7. The maximum absolute atomic E-state index is 12.7. The van der Waals surface area contributed by atoms with E-state index in [1.807, 2.05) is 30.5 Å². The average molecular weight is 349 g/mol. The third kappa shape index (κ3) is 3.35. The average Bonchev–Trinajstić information content (AvgIpc) is 2.66. The summed E-state index contributed by atoms with van der Waals surface area (Å²) in [6.07, 6.45) is 5.30. The topological polar surface area (TPSA) is 56.7 Å². The van der Waals surface area contributed by atoms with Crippen molar-refractivity contribution < 1.29 is 9.90 Å². The van der Waals surface area contributed by atoms with Gasteiger partial charge in [0.2, 0.25) is 0 Å². The van der Waals surface area contributed by atoms with Crippen molar-refractivity contribution in [3.8, 4) is 5.75 Å². The molecule has 4 rings (SSSR count). The highest BCUT2D eigenvalue weighted by atomic mass is 16.3. The zero-order valence-corrected chi connectivity index (χ0v) is 15.0. The molecule has 0 bridgehead atoms. The molecular formula is C21H23N3O2. The van der Waals surface area contributed by atoms with Gasteiger partial charge in [0.05, 0.1) is 0 Å². The van der Waals surface area contributed by atoms with E-state index >= 15 is 0 Å². The van der Waals surface area contributed by atoms with Gasteiger partial charge in [0.15, 0.2) is 5.78 Å². The van der Waals surface area contributed by atoms with Gasteiger partial charge in [-0.3, -0.25) is 4.79 Å². The van der Waals surface area contributed by atoms with E-state index in [0.717, 1.165) is 61.5 Å². The molecule has 0 atom stereocenters. The molecule has 2 heterocycles. The van der Waals surface area contributed by atoms with Crippen molar-refractivity contribution in [2.24, 2.45) is 0 Å². The summed E-state index contributed by atoms with van der Waals surface area (Å²) in [5.41, 5.74) is 3.34. The number of nitrogens with zero attached hydrogens (tertiary/aromatic N) is 3. The molecule has 1 aliphatic heterocycles. The SMILES string of the molecule is CN1CCN(c2ccc(/C=C3\CCc4ccc(O)cc4C3=O)cn2)CC1. The Morgan fingerprint density at radius 2 is 1.88 bits per heavy atom. The Labute approximate surface area is 153 Å². The van der Waals surface area contributed by atoms with Crippen LogP contribution < -0.4 is 4.90 Å². The fraction of sp³-hybridized carbons (Fsp3) is 0.333. The predicted molar refractivity (Wildman–Crippen MR) is 103 cm³/mol. The minimum Gasteiger partial charge on any atom is -0.508 e. The van der Waals surface area contributed by atoms with Crippen LogP contribution in [0.1, 0.15) is 27.9 Å². The number of ketones is 1. The van der Waals surface area contributed by atoms with Crippen LogP contribution in [-0.2, 0) is 6.42 Å². The van der Waals surface area contributed by atoms with Crippen LogP contribution in [0.5, 0.6) is 5.75 Å². The third-order valence-corrected chi connectivity index (χ3v) is 5.23. The van der Waals surface area contributed by atoms with Crippen LogP contribution in [0.25, 0.3) is 6.08 Å². The number of aromatic nitrogens is 1. The first-order chi connectivity index (χ1) is 12.6. The molecule has 1 saturated heterocycles. The minimum absolute atomic E-state index is 0.00490. The quantitative estimate of drug-likeness (QED) is 0.845. The molecule has 134 valence electrons. The molecule has 1 aromatic carbocycles. The molecule has 5 nitrogen and oxygen atoms in total. The first kappa shape index (κ1) is 16.8. The molecule has 2 aliphatic rings. The van der Waals surface area contributed by atoms with Crippen molar-refractivity contribution in [2.75, 3.05) is 38.1 Å². The number of Topliss-reactive ketones (excluding diaryl/α,β-unsaturated/α-hetero) is 1. The standard InChI is InChI=1S/C21H23N3O2/c1-23-8-10-24(11-9-23)20-7-2-15(14-22-20)12-17-4-3-16-5-6-18(25)13-19(16)21(17)26/h2,5-7,12-14,25H,3-4,8-11H2,1H3/b17-12+. The summed E-state index contributed by atoms with van der Waals surface area (Å²) in [5, 5.41) is 9.66. The number of piperazine rings is 1. The lowest BCUT2D eigenvalue weighted by Gasteiger charge is -2.33. The molecule has 0 spiro atoms. The summed E-state index contributed by atoms with van der Waals surface area (Å²) in [4.78, 5) is 21.9. The number of aromatic hydroxyl groups is 1. The molecule has 26 heavy (non-hydrogen) atoms. The molecule has 0 radical (unpaired) electrons. The predicted octanol–water partition coefficient (Wildman–Crippen LogP) is 2.75. The number of allylic oxidation sites excluding steroid dienone is 1. The van der Waals surface area contributed by atoms with Crippen molar-refractivity contribution >= 4 is 17.7 Å². The molecule has 1 N–H and O–H groups in total. The second kappa shape index (κ2) is 6.92. The van der Waals surface area contributed by atoms with Crippen molar-refractivity contribution in [3.63, 3.8) is 0 Å². The number of carbonyl (C=O) groups is 1. The molecule has 1 aliphatic carbocycles. The van der Waals surface area contributed by atoms with Gasteiger partial charge >= 0.3 is 0 Å². The Kier molecular flexibility index (Phi) is 4.47. The lowest BCUT2D eigenvalue weighted by Crippen LogP contribution is -2.44. The zero-order valence-electron chi connectivity index (χ0n) is 15.0. The second-order valence-electron chi connectivity index (χ2n) is 7.08. The number of aryl methyl sites for hydroxylation is 1. The fourth-order valence-corrected chi connectivity index (χ4v) is 3.59. The number of likely N-dealkylation sites (N-methyl/N-ethyl adjacent to an activating group) is 1. The Balaban J connectivity index is 1.52. The highest BCUT2D eigenvalue weighted by Crippen LogP contribution is 2.29. The second-order valence-corrected chi connectivity index (χ2v) is 7.08. The van der Waals surface area contributed by atoms with Crippen LogP contribution in [0.4, 0.5) is 5.82 Å². The largest absolute Gasteiger partial charge is 0.508 e. The Morgan fingerprint density at radius 3 is 2.62 bits per heavy atom. The van der Waals surface area contributed by atoms with Crippen LogP contribution in [-0.4, -0.2) is 54.0 Å². The Hall–Kier alpha value is -2.66. The number of phenols is 1. The number of pyridine rings is 1. The highest BCUT2D eigenvalue weighted by molar-refractivity contribution is 6.13. The lowest BCUT2D eigenvalue weighted by atomic mass is 9.86. The van der Waals surface area contributed by atoms with Crippen molar-refractivity contribution in [1.82, 2.24) is 9.88 Å². The van der Waals surface area contributed by atoms with Crippen LogP contribution >= 0.6 is 0 Å². The number of benzene rings is 1. The van der Waals surface area contributed by atoms with Gasteiger partial charge in [0.1, 0.15) is 11.6 Å². The van der Waals surface area contributed by atoms with Gasteiger partial charge in [0, 0.05) is 43.5 Å². The summed E-state index contributed by atoms with van der Waals surface area (Å²) in [6, 6.07) is 9.11. The van der Waals surface area contributed by atoms with E-state index in [2.05, 4.69) is 21.8 Å². The minimum atomic E-state index is 0.00490. The van der Waals surface area contributed by atoms with E-state index in [1.54, 1.807) is 12.1 Å². The first-order valence-electron chi connectivity index (χ1n) is 9.07. The molecule has 1 fully saturated rings. The summed E-state index contributed by atoms with van der Waals surface area (Å²) in [6.45, 7) is 4.08. The lowest BCUT2D eigenvalue weighted by molar-refractivity contribution is 0.102. The number of fused-ring (bicyclic) bond motifs is 1. The molecule has 0 saturated carbocycles. The van der Waals surface area contributed by atoms with Crippen molar-refractivity contribution in [3.05, 3.63) is 58.8 Å². The van der Waals surface area contributed by atoms with Gasteiger partial charge in [-0.1, -0.05) is 6.07 Å². The molecule has 0 unspecified atom stereocenters. The van der Waals surface area contributed by atoms with Gasteiger partial charge in [0.25, 0.3) is 0 Å². The molecular weight excluding hydrogens is 326 g/mol. The number of carbonyl (C=O) groups excluding carboxylic acids is 1. The number of anilines is 1. The summed E-state index contributed by atoms with van der Waals surface area (Å²) in [5.74, 6) is 1.13. The van der Waals surface area contributed by atoms with Crippen LogP contribution in [0.15, 0.2) is 42.1 Å². The van der Waals surface area contributed by atoms with Gasteiger partial charge in [-0.15, -0.1) is 0 Å². The van der Waals surface area contributed by atoms with Gasteiger partial charge in [-0.25, -0.2) is 4.98 Å². The Bertz CT molecular complexity index is 850. The van der Waals surface area contributed by atoms with E-state index in [9.17, 15) is 9.90 Å². The zero-order chi connectivity index (χ0) is 18.1. The fourth-order valence-electron chi connectivity index (χ4n) is 3.59. The van der Waals surface area contributed by atoms with Crippen LogP contribution in [0.3, 0.4) is 0 Å². The molecule has 1 aromatic heterocycles. The Morgan fingerprint density at radius 1 is 1.08 bits per heavy atom. The van der Waals surface area contributed by atoms with E-state index in [-0.39, 0.29) is 11.5 Å². The number of phenolic OH excluding ortho intramolecular Hbond substituents is 1. The first-order valence-corrected chi connectivity index (χ1v) is 9.07. The summed E-state index contributed by atoms with van der Waals surface area (Å²) < 4.78 is 0. The molecule has 2 aromatic rings. The highest BCUT2D eigenvalue weighted by Gasteiger charge is 2.22. The van der Waals surface area contributed by atoms with Crippen molar-refractivity contribution in [2.45, 2.75) is 12.8 Å². The van der Waals surface area contributed by atoms with E-state index in [1.165, 1.54) is 0 Å².